The average Bonchev–Trinajstić information content (AvgIpc) is 2.59. The molecule has 0 saturated heterocycles. The van der Waals surface area contributed by atoms with Gasteiger partial charge in [-0.1, -0.05) is 24.3 Å². The van der Waals surface area contributed by atoms with Gasteiger partial charge < -0.3 is 20.5 Å². The molecule has 0 aliphatic heterocycles. The first-order valence-electron chi connectivity index (χ1n) is 8.84. The van der Waals surface area contributed by atoms with Gasteiger partial charge in [-0.3, -0.25) is 9.59 Å². The van der Waals surface area contributed by atoms with E-state index in [9.17, 15) is 9.59 Å². The largest absolute Gasteiger partial charge is 0.460 e. The number of para-hydroxylation sites is 1. The Morgan fingerprint density at radius 1 is 1.04 bits per heavy atom. The van der Waals surface area contributed by atoms with Crippen LogP contribution in [0.15, 0.2) is 54.6 Å². The first-order chi connectivity index (χ1) is 12.7. The zero-order valence-electron chi connectivity index (χ0n) is 15.9. The van der Waals surface area contributed by atoms with Crippen molar-refractivity contribution in [1.29, 1.82) is 0 Å². The number of nitrogens with one attached hydrogen (secondary N) is 1. The predicted octanol–water partition coefficient (Wildman–Crippen LogP) is 3.87. The molecular weight excluding hydrogens is 344 g/mol. The highest BCUT2D eigenvalue weighted by molar-refractivity contribution is 5.95. The molecule has 27 heavy (non-hydrogen) atoms. The fourth-order valence-electron chi connectivity index (χ4n) is 2.29. The lowest BCUT2D eigenvalue weighted by Gasteiger charge is -2.20. The van der Waals surface area contributed by atoms with E-state index in [1.807, 2.05) is 30.3 Å². The van der Waals surface area contributed by atoms with Crippen molar-refractivity contribution in [3.8, 4) is 11.5 Å². The third-order valence-corrected chi connectivity index (χ3v) is 3.50. The molecule has 144 valence electrons. The minimum absolute atomic E-state index is 0.0863. The summed E-state index contributed by atoms with van der Waals surface area (Å²) >= 11 is 0. The molecule has 0 aromatic heterocycles. The lowest BCUT2D eigenvalue weighted by molar-refractivity contribution is -0.155. The molecule has 0 aliphatic carbocycles. The highest BCUT2D eigenvalue weighted by Crippen LogP contribution is 2.24. The number of rotatable bonds is 7. The van der Waals surface area contributed by atoms with Crippen LogP contribution in [0.4, 0.5) is 5.69 Å². The topological polar surface area (TPSA) is 90.7 Å². The molecule has 0 saturated carbocycles. The maximum atomic E-state index is 12.3. The number of amides is 1. The summed E-state index contributed by atoms with van der Waals surface area (Å²) in [6.45, 7) is 5.38. The molecule has 2 aromatic carbocycles. The van der Waals surface area contributed by atoms with Gasteiger partial charge in [0.05, 0.1) is 6.04 Å². The van der Waals surface area contributed by atoms with E-state index in [1.54, 1.807) is 45.0 Å². The minimum Gasteiger partial charge on any atom is -0.460 e. The monoisotopic (exact) mass is 370 g/mol. The molecule has 2 rings (SSSR count). The van der Waals surface area contributed by atoms with Crippen LogP contribution in [-0.2, 0) is 14.3 Å². The number of anilines is 1. The van der Waals surface area contributed by atoms with E-state index in [4.69, 9.17) is 15.2 Å². The van der Waals surface area contributed by atoms with E-state index >= 15 is 0 Å². The fraction of sp³-hybridized carbons (Fsp3) is 0.333. The summed E-state index contributed by atoms with van der Waals surface area (Å²) < 4.78 is 11.0. The Bertz CT molecular complexity index is 769. The van der Waals surface area contributed by atoms with Crippen LogP contribution >= 0.6 is 0 Å². The Balaban J connectivity index is 1.87. The summed E-state index contributed by atoms with van der Waals surface area (Å²) in [7, 11) is 0. The van der Waals surface area contributed by atoms with Crippen LogP contribution in [0, 0.1) is 0 Å². The van der Waals surface area contributed by atoms with Crippen LogP contribution in [0.5, 0.6) is 11.5 Å². The van der Waals surface area contributed by atoms with Crippen molar-refractivity contribution in [2.45, 2.75) is 45.3 Å². The normalized spacial score (nSPS) is 12.1. The van der Waals surface area contributed by atoms with E-state index in [1.165, 1.54) is 0 Å². The summed E-state index contributed by atoms with van der Waals surface area (Å²) in [4.78, 5) is 24.0. The lowest BCUT2D eigenvalue weighted by atomic mass is 10.1. The minimum atomic E-state index is -0.809. The summed E-state index contributed by atoms with van der Waals surface area (Å²) in [5, 5.41) is 2.74. The van der Waals surface area contributed by atoms with Gasteiger partial charge in [0, 0.05) is 18.2 Å². The third kappa shape index (κ3) is 7.50. The van der Waals surface area contributed by atoms with E-state index in [0.717, 1.165) is 0 Å². The van der Waals surface area contributed by atoms with Gasteiger partial charge in [0.15, 0.2) is 0 Å². The Hall–Kier alpha value is -2.86. The van der Waals surface area contributed by atoms with Crippen LogP contribution in [0.3, 0.4) is 0 Å². The number of carbonyl (C=O) groups is 2. The van der Waals surface area contributed by atoms with Crippen LogP contribution in [0.1, 0.15) is 33.6 Å². The van der Waals surface area contributed by atoms with Gasteiger partial charge in [0.2, 0.25) is 5.91 Å². The Morgan fingerprint density at radius 3 is 2.37 bits per heavy atom. The molecular formula is C21H26N2O4. The molecule has 0 bridgehead atoms. The molecule has 0 aliphatic rings. The molecule has 0 fully saturated rings. The van der Waals surface area contributed by atoms with Crippen LogP contribution in [-0.4, -0.2) is 23.5 Å². The van der Waals surface area contributed by atoms with Crippen molar-refractivity contribution >= 4 is 17.6 Å². The molecule has 0 radical (unpaired) electrons. The number of nitrogens with two attached hydrogens (primary N) is 1. The number of hydrogen-bond acceptors (Lipinski definition) is 5. The molecule has 2 aromatic rings. The highest BCUT2D eigenvalue weighted by atomic mass is 16.6. The molecule has 6 nitrogen and oxygen atoms in total. The lowest BCUT2D eigenvalue weighted by Crippen LogP contribution is -2.36. The SMILES string of the molecule is CC(C)(C)OC(=O)CCC(N)C(=O)Nc1cccc(Oc2ccccc2)c1. The van der Waals surface area contributed by atoms with Gasteiger partial charge in [-0.2, -0.15) is 0 Å². The number of esters is 1. The standard InChI is InChI=1S/C21H26N2O4/c1-21(2,3)27-19(24)13-12-18(22)20(25)23-15-8-7-11-17(14-15)26-16-9-5-4-6-10-16/h4-11,14,18H,12-13,22H2,1-3H3,(H,23,25). The first-order valence-corrected chi connectivity index (χ1v) is 8.84. The zero-order chi connectivity index (χ0) is 19.9. The first kappa shape index (κ1) is 20.5. The Morgan fingerprint density at radius 2 is 1.70 bits per heavy atom. The summed E-state index contributed by atoms with van der Waals surface area (Å²) in [6.07, 6.45) is 0.296. The predicted molar refractivity (Wildman–Crippen MR) is 105 cm³/mol. The van der Waals surface area contributed by atoms with Crippen molar-refractivity contribution in [2.75, 3.05) is 5.32 Å². The van der Waals surface area contributed by atoms with Crippen molar-refractivity contribution in [3.63, 3.8) is 0 Å². The molecule has 3 N–H and O–H groups in total. The second-order valence-corrected chi connectivity index (χ2v) is 7.16. The zero-order valence-corrected chi connectivity index (χ0v) is 15.9. The van der Waals surface area contributed by atoms with Gasteiger partial charge in [-0.25, -0.2) is 0 Å². The number of carbonyl (C=O) groups excluding carboxylic acids is 2. The maximum absolute atomic E-state index is 12.3. The van der Waals surface area contributed by atoms with Gasteiger partial charge >= 0.3 is 5.97 Å². The average molecular weight is 370 g/mol. The van der Waals surface area contributed by atoms with Crippen LogP contribution in [0.25, 0.3) is 0 Å². The molecule has 1 amide bonds. The summed E-state index contributed by atoms with van der Waals surface area (Å²) in [5.74, 6) is 0.566. The summed E-state index contributed by atoms with van der Waals surface area (Å²) in [6, 6.07) is 15.6. The van der Waals surface area contributed by atoms with Crippen LogP contribution in [0.2, 0.25) is 0 Å². The smallest absolute Gasteiger partial charge is 0.306 e. The molecule has 6 heteroatoms. The third-order valence-electron chi connectivity index (χ3n) is 3.50. The van der Waals surface area contributed by atoms with E-state index < -0.39 is 11.6 Å². The van der Waals surface area contributed by atoms with Crippen molar-refractivity contribution < 1.29 is 19.1 Å². The van der Waals surface area contributed by atoms with Gasteiger partial charge in [-0.15, -0.1) is 0 Å². The van der Waals surface area contributed by atoms with E-state index in [2.05, 4.69) is 5.32 Å². The quantitative estimate of drug-likeness (QED) is 0.722. The second kappa shape index (κ2) is 9.19. The summed E-state index contributed by atoms with van der Waals surface area (Å²) in [5.41, 5.74) is 5.91. The number of ether oxygens (including phenoxy) is 2. The van der Waals surface area contributed by atoms with Gasteiger partial charge in [0.25, 0.3) is 0 Å². The van der Waals surface area contributed by atoms with E-state index in [0.29, 0.717) is 17.2 Å². The highest BCUT2D eigenvalue weighted by Gasteiger charge is 2.19. The van der Waals surface area contributed by atoms with E-state index in [-0.39, 0.29) is 24.7 Å². The number of benzene rings is 2. The molecule has 1 atom stereocenters. The van der Waals surface area contributed by atoms with Gasteiger partial charge in [0.1, 0.15) is 17.1 Å². The Labute approximate surface area is 159 Å². The maximum Gasteiger partial charge on any atom is 0.306 e. The fourth-order valence-corrected chi connectivity index (χ4v) is 2.29. The van der Waals surface area contributed by atoms with Crippen molar-refractivity contribution in [2.24, 2.45) is 5.73 Å². The number of hydrogen-bond donors (Lipinski definition) is 2. The second-order valence-electron chi connectivity index (χ2n) is 7.16. The van der Waals surface area contributed by atoms with Crippen molar-refractivity contribution in [1.82, 2.24) is 0 Å². The molecule has 0 spiro atoms. The van der Waals surface area contributed by atoms with Gasteiger partial charge in [-0.05, 0) is 51.5 Å². The Kier molecular flexibility index (Phi) is 6.96. The molecule has 0 heterocycles. The van der Waals surface area contributed by atoms with Crippen molar-refractivity contribution in [3.05, 3.63) is 54.6 Å². The molecule has 1 unspecified atom stereocenters. The van der Waals surface area contributed by atoms with Crippen LogP contribution < -0.4 is 15.8 Å².